The molecular formula is C12H13ClO3S. The maximum atomic E-state index is 11.6. The number of benzene rings is 1. The number of allylic oxidation sites excluding steroid dienone is 1. The highest BCUT2D eigenvalue weighted by atomic mass is 35.5. The summed E-state index contributed by atoms with van der Waals surface area (Å²) in [5.74, 6) is 0. The molecule has 0 radical (unpaired) electrons. The van der Waals surface area contributed by atoms with Crippen LogP contribution in [0.3, 0.4) is 0 Å². The molecule has 0 aliphatic rings. The van der Waals surface area contributed by atoms with Crippen molar-refractivity contribution < 1.29 is 13.2 Å². The summed E-state index contributed by atoms with van der Waals surface area (Å²) in [5, 5.41) is -0.653. The summed E-state index contributed by atoms with van der Waals surface area (Å²) >= 11 is 5.41. The number of aryl methyl sites for hydroxylation is 1. The number of hydrogen-bond acceptors (Lipinski definition) is 3. The average molecular weight is 273 g/mol. The van der Waals surface area contributed by atoms with Crippen LogP contribution in [0.2, 0.25) is 0 Å². The van der Waals surface area contributed by atoms with E-state index in [9.17, 15) is 13.2 Å². The van der Waals surface area contributed by atoms with Gasteiger partial charge in [-0.05, 0) is 48.7 Å². The first-order chi connectivity index (χ1) is 7.77. The van der Waals surface area contributed by atoms with Gasteiger partial charge in [0.05, 0.1) is 4.90 Å². The van der Waals surface area contributed by atoms with Crippen LogP contribution in [-0.2, 0) is 9.84 Å². The second kappa shape index (κ2) is 5.02. The first kappa shape index (κ1) is 13.9. The molecule has 0 unspecified atom stereocenters. The maximum absolute atomic E-state index is 11.6. The lowest BCUT2D eigenvalue weighted by molar-refractivity contribution is 0.108. The largest absolute Gasteiger partial charge is 0.276 e. The SMILES string of the molecule is C/C=C\c1cc(C)c(C(=O)Cl)cc1S(C)(=O)=O. The fourth-order valence-electron chi connectivity index (χ4n) is 1.55. The summed E-state index contributed by atoms with van der Waals surface area (Å²) < 4.78 is 23.3. The molecular weight excluding hydrogens is 260 g/mol. The third-order valence-electron chi connectivity index (χ3n) is 2.31. The Balaban J connectivity index is 3.65. The van der Waals surface area contributed by atoms with E-state index >= 15 is 0 Å². The molecule has 1 aromatic carbocycles. The van der Waals surface area contributed by atoms with Gasteiger partial charge in [-0.3, -0.25) is 4.79 Å². The molecule has 0 aliphatic carbocycles. The van der Waals surface area contributed by atoms with E-state index in [-0.39, 0.29) is 10.5 Å². The van der Waals surface area contributed by atoms with Crippen molar-refractivity contribution in [2.75, 3.05) is 6.26 Å². The smallest absolute Gasteiger partial charge is 0.252 e. The van der Waals surface area contributed by atoms with Crippen molar-refractivity contribution in [3.05, 3.63) is 34.9 Å². The van der Waals surface area contributed by atoms with Gasteiger partial charge in [-0.2, -0.15) is 0 Å². The van der Waals surface area contributed by atoms with Gasteiger partial charge in [0, 0.05) is 11.8 Å². The van der Waals surface area contributed by atoms with Crippen molar-refractivity contribution in [2.24, 2.45) is 0 Å². The predicted molar refractivity (Wildman–Crippen MR) is 69.2 cm³/mol. The van der Waals surface area contributed by atoms with Crippen molar-refractivity contribution in [3.63, 3.8) is 0 Å². The van der Waals surface area contributed by atoms with Gasteiger partial charge in [-0.1, -0.05) is 12.2 Å². The first-order valence-corrected chi connectivity index (χ1v) is 7.21. The van der Waals surface area contributed by atoms with Gasteiger partial charge in [0.1, 0.15) is 0 Å². The van der Waals surface area contributed by atoms with Crippen LogP contribution < -0.4 is 0 Å². The number of halogens is 1. The van der Waals surface area contributed by atoms with Gasteiger partial charge in [0.25, 0.3) is 5.24 Å². The van der Waals surface area contributed by atoms with Crippen molar-refractivity contribution in [1.29, 1.82) is 0 Å². The molecule has 0 N–H and O–H groups in total. The average Bonchev–Trinajstić information content (AvgIpc) is 2.15. The number of hydrogen-bond donors (Lipinski definition) is 0. The molecule has 92 valence electrons. The minimum absolute atomic E-state index is 0.116. The molecule has 0 saturated carbocycles. The first-order valence-electron chi connectivity index (χ1n) is 4.94. The molecule has 1 aromatic rings. The van der Waals surface area contributed by atoms with Gasteiger partial charge < -0.3 is 0 Å². The van der Waals surface area contributed by atoms with Crippen LogP contribution in [0, 0.1) is 6.92 Å². The van der Waals surface area contributed by atoms with E-state index in [2.05, 4.69) is 0 Å². The van der Waals surface area contributed by atoms with Crippen LogP contribution in [0.25, 0.3) is 6.08 Å². The Bertz CT molecular complexity index is 586. The van der Waals surface area contributed by atoms with E-state index < -0.39 is 15.1 Å². The second-order valence-electron chi connectivity index (χ2n) is 3.75. The highest BCUT2D eigenvalue weighted by molar-refractivity contribution is 7.90. The molecule has 0 atom stereocenters. The van der Waals surface area contributed by atoms with E-state index in [1.807, 2.05) is 0 Å². The maximum Gasteiger partial charge on any atom is 0.252 e. The lowest BCUT2D eigenvalue weighted by Crippen LogP contribution is -2.04. The van der Waals surface area contributed by atoms with Crippen molar-refractivity contribution >= 4 is 32.8 Å². The fraction of sp³-hybridized carbons (Fsp3) is 0.250. The highest BCUT2D eigenvalue weighted by Crippen LogP contribution is 2.23. The molecule has 0 aromatic heterocycles. The zero-order valence-electron chi connectivity index (χ0n) is 9.82. The molecule has 0 saturated heterocycles. The monoisotopic (exact) mass is 272 g/mol. The van der Waals surface area contributed by atoms with Gasteiger partial charge >= 0.3 is 0 Å². The lowest BCUT2D eigenvalue weighted by Gasteiger charge is -2.08. The molecule has 0 fully saturated rings. The summed E-state index contributed by atoms with van der Waals surface area (Å²) in [6.07, 6.45) is 4.53. The Kier molecular flexibility index (Phi) is 4.11. The molecule has 5 heteroatoms. The number of carbonyl (C=O) groups excluding carboxylic acids is 1. The normalized spacial score (nSPS) is 12.0. The number of sulfone groups is 1. The van der Waals surface area contributed by atoms with Crippen LogP contribution in [0.4, 0.5) is 0 Å². The van der Waals surface area contributed by atoms with E-state index in [1.165, 1.54) is 6.07 Å². The van der Waals surface area contributed by atoms with Crippen LogP contribution in [0.1, 0.15) is 28.4 Å². The summed E-state index contributed by atoms with van der Waals surface area (Å²) in [4.78, 5) is 11.3. The molecule has 3 nitrogen and oxygen atoms in total. The molecule has 0 amide bonds. The summed E-state index contributed by atoms with van der Waals surface area (Å²) in [7, 11) is -3.39. The van der Waals surface area contributed by atoms with E-state index in [0.29, 0.717) is 11.1 Å². The van der Waals surface area contributed by atoms with Crippen LogP contribution in [0.15, 0.2) is 23.1 Å². The second-order valence-corrected chi connectivity index (χ2v) is 6.08. The molecule has 0 bridgehead atoms. The Hall–Kier alpha value is -1.13. The van der Waals surface area contributed by atoms with Gasteiger partial charge in [-0.25, -0.2) is 8.42 Å². The Morgan fingerprint density at radius 2 is 1.94 bits per heavy atom. The minimum atomic E-state index is -3.39. The van der Waals surface area contributed by atoms with Crippen molar-refractivity contribution in [1.82, 2.24) is 0 Å². The van der Waals surface area contributed by atoms with Crippen LogP contribution in [-0.4, -0.2) is 19.9 Å². The third-order valence-corrected chi connectivity index (χ3v) is 3.67. The Morgan fingerprint density at radius 1 is 1.35 bits per heavy atom. The lowest BCUT2D eigenvalue weighted by atomic mass is 10.1. The van der Waals surface area contributed by atoms with Crippen LogP contribution in [0.5, 0.6) is 0 Å². The van der Waals surface area contributed by atoms with Crippen LogP contribution >= 0.6 is 11.6 Å². The van der Waals surface area contributed by atoms with Crippen molar-refractivity contribution in [2.45, 2.75) is 18.7 Å². The van der Waals surface area contributed by atoms with Gasteiger partial charge in [0.15, 0.2) is 9.84 Å². The zero-order valence-corrected chi connectivity index (χ0v) is 11.4. The van der Waals surface area contributed by atoms with Crippen molar-refractivity contribution in [3.8, 4) is 0 Å². The minimum Gasteiger partial charge on any atom is -0.276 e. The summed E-state index contributed by atoms with van der Waals surface area (Å²) in [6.45, 7) is 3.51. The number of carbonyl (C=O) groups is 1. The Morgan fingerprint density at radius 3 is 2.35 bits per heavy atom. The van der Waals surface area contributed by atoms with E-state index in [1.54, 1.807) is 32.1 Å². The standard InChI is InChI=1S/C12H13ClO3S/c1-4-5-9-6-8(2)10(12(13)14)7-11(9)17(3,15)16/h4-7H,1-3H3/b5-4-. The third kappa shape index (κ3) is 3.17. The summed E-state index contributed by atoms with van der Waals surface area (Å²) in [5.41, 5.74) is 1.44. The van der Waals surface area contributed by atoms with E-state index in [4.69, 9.17) is 11.6 Å². The molecule has 0 spiro atoms. The Labute approximate surface area is 106 Å². The van der Waals surface area contributed by atoms with Gasteiger partial charge in [-0.15, -0.1) is 0 Å². The molecule has 1 rings (SSSR count). The van der Waals surface area contributed by atoms with Gasteiger partial charge in [0.2, 0.25) is 0 Å². The molecule has 0 heterocycles. The zero-order chi connectivity index (χ0) is 13.2. The summed E-state index contributed by atoms with van der Waals surface area (Å²) in [6, 6.07) is 2.97. The molecule has 17 heavy (non-hydrogen) atoms. The number of rotatable bonds is 3. The quantitative estimate of drug-likeness (QED) is 0.795. The predicted octanol–water partition coefficient (Wildman–Crippen LogP) is 2.81. The molecule has 0 aliphatic heterocycles. The highest BCUT2D eigenvalue weighted by Gasteiger charge is 2.16. The van der Waals surface area contributed by atoms with E-state index in [0.717, 1.165) is 6.26 Å². The topological polar surface area (TPSA) is 51.2 Å². The fourth-order valence-corrected chi connectivity index (χ4v) is 2.64.